The molecule has 44 heavy (non-hydrogen) atoms. The average Bonchev–Trinajstić information content (AvgIpc) is 3.05. The van der Waals surface area contributed by atoms with Gasteiger partial charge in [0.05, 0.1) is 11.1 Å². The second-order valence-corrected chi connectivity index (χ2v) is 13.6. The Labute approximate surface area is 260 Å². The highest BCUT2D eigenvalue weighted by Gasteiger charge is 2.27. The number of fused-ring (bicyclic) bond motifs is 2. The van der Waals surface area contributed by atoms with Crippen LogP contribution in [0.25, 0.3) is 43.1 Å². The van der Waals surface area contributed by atoms with Crippen molar-refractivity contribution in [2.75, 3.05) is 0 Å². The van der Waals surface area contributed by atoms with Gasteiger partial charge in [0, 0.05) is 0 Å². The number of carbonyl (C=O) groups excluding carboxylic acids is 2. The highest BCUT2D eigenvalue weighted by molar-refractivity contribution is 6.35. The van der Waals surface area contributed by atoms with Gasteiger partial charge in [0.1, 0.15) is 12.2 Å². The van der Waals surface area contributed by atoms with Crippen LogP contribution >= 0.6 is 0 Å². The van der Waals surface area contributed by atoms with Crippen LogP contribution in [0.5, 0.6) is 0 Å². The summed E-state index contributed by atoms with van der Waals surface area (Å²) in [5.41, 5.74) is 1.26. The van der Waals surface area contributed by atoms with Crippen LogP contribution in [-0.4, -0.2) is 24.1 Å². The highest BCUT2D eigenvalue weighted by atomic mass is 16.5. The summed E-state index contributed by atoms with van der Waals surface area (Å²) in [6.07, 6.45) is 13.5. The minimum atomic E-state index is -0.231. The van der Waals surface area contributed by atoms with Crippen molar-refractivity contribution in [3.05, 3.63) is 71.8 Å². The fraction of sp³-hybridized carbons (Fsp3) is 0.450. The van der Waals surface area contributed by atoms with Gasteiger partial charge in [-0.2, -0.15) is 0 Å². The summed E-state index contributed by atoms with van der Waals surface area (Å²) >= 11 is 0. The summed E-state index contributed by atoms with van der Waals surface area (Å²) in [6, 6.07) is 20.4. The lowest BCUT2D eigenvalue weighted by atomic mass is 9.84. The second-order valence-electron chi connectivity index (χ2n) is 13.6. The van der Waals surface area contributed by atoms with Crippen LogP contribution < -0.4 is 0 Å². The van der Waals surface area contributed by atoms with Gasteiger partial charge in [-0.15, -0.1) is 0 Å². The molecule has 5 aromatic rings. The second kappa shape index (κ2) is 12.4. The number of benzene rings is 5. The van der Waals surface area contributed by atoms with Crippen LogP contribution in [0, 0.1) is 11.8 Å². The van der Waals surface area contributed by atoms with Crippen LogP contribution in [0.2, 0.25) is 0 Å². The third-order valence-corrected chi connectivity index (χ3v) is 10.6. The fourth-order valence-electron chi connectivity index (χ4n) is 8.07. The summed E-state index contributed by atoms with van der Waals surface area (Å²) in [4.78, 5) is 27.1. The number of esters is 2. The van der Waals surface area contributed by atoms with Crippen LogP contribution in [0.4, 0.5) is 0 Å². The SMILES string of the molecule is CCCCCC1CCC(OC(=O)c2ccc3c4cccc5c(C(=O)O[C@H]6CC[C@H](C)CC6)ccc(c6cccc2c36)c54)CC1. The van der Waals surface area contributed by atoms with E-state index in [1.54, 1.807) is 0 Å². The number of hydrogen-bond donors (Lipinski definition) is 0. The van der Waals surface area contributed by atoms with Crippen molar-refractivity contribution in [3.8, 4) is 0 Å². The molecule has 7 rings (SSSR count). The van der Waals surface area contributed by atoms with Gasteiger partial charge in [0.15, 0.2) is 0 Å². The Bertz CT molecular complexity index is 1780. The van der Waals surface area contributed by atoms with Crippen molar-refractivity contribution in [1.82, 2.24) is 0 Å². The topological polar surface area (TPSA) is 52.6 Å². The molecule has 2 aliphatic rings. The lowest BCUT2D eigenvalue weighted by molar-refractivity contribution is 0.0159. The van der Waals surface area contributed by atoms with Crippen molar-refractivity contribution in [3.63, 3.8) is 0 Å². The Morgan fingerprint density at radius 3 is 1.55 bits per heavy atom. The molecular weight excluding hydrogens is 544 g/mol. The number of hydrogen-bond acceptors (Lipinski definition) is 4. The van der Waals surface area contributed by atoms with E-state index in [0.29, 0.717) is 17.0 Å². The Morgan fingerprint density at radius 1 is 0.591 bits per heavy atom. The molecule has 0 heterocycles. The standard InChI is InChI=1S/C40H44O4/c1-3-4-5-8-26-15-19-28(20-16-26)44-40(42)36-24-22-34-29-9-6-11-31-35(39(41)43-27-17-13-25(2)14-18-27)23-21-33(37(29)31)30-10-7-12-32(36)38(30)34/h6-7,9-12,21-28H,3-5,8,13-20H2,1-2H3/t25-,26?,27-,28?. The van der Waals surface area contributed by atoms with Crippen molar-refractivity contribution in [2.45, 2.75) is 103 Å². The van der Waals surface area contributed by atoms with Gasteiger partial charge >= 0.3 is 11.9 Å². The van der Waals surface area contributed by atoms with Gasteiger partial charge < -0.3 is 9.47 Å². The number of unbranched alkanes of at least 4 members (excludes halogenated alkanes) is 2. The Kier molecular flexibility index (Phi) is 8.18. The Hall–Kier alpha value is -3.66. The molecule has 0 radical (unpaired) electrons. The summed E-state index contributed by atoms with van der Waals surface area (Å²) in [5, 5.41) is 8.35. The molecule has 2 saturated carbocycles. The van der Waals surface area contributed by atoms with E-state index in [0.717, 1.165) is 100 Å². The van der Waals surface area contributed by atoms with E-state index in [1.165, 1.54) is 25.7 Å². The fourth-order valence-corrected chi connectivity index (χ4v) is 8.07. The first-order chi connectivity index (χ1) is 21.5. The zero-order valence-electron chi connectivity index (χ0n) is 26.2. The molecule has 4 heteroatoms. The molecule has 5 aromatic carbocycles. The average molecular weight is 589 g/mol. The van der Waals surface area contributed by atoms with Crippen LogP contribution in [0.1, 0.15) is 112 Å². The zero-order valence-corrected chi connectivity index (χ0v) is 26.2. The van der Waals surface area contributed by atoms with Crippen molar-refractivity contribution in [1.29, 1.82) is 0 Å². The normalized spacial score (nSPS) is 22.6. The summed E-state index contributed by atoms with van der Waals surface area (Å²) in [5.74, 6) is 1.03. The molecule has 0 spiro atoms. The number of carbonyl (C=O) groups is 2. The summed E-state index contributed by atoms with van der Waals surface area (Å²) in [6.45, 7) is 4.53. The molecule has 0 bridgehead atoms. The molecule has 2 aliphatic carbocycles. The highest BCUT2D eigenvalue weighted by Crippen LogP contribution is 2.42. The minimum absolute atomic E-state index is 0.000372. The van der Waals surface area contributed by atoms with E-state index >= 15 is 0 Å². The van der Waals surface area contributed by atoms with Crippen LogP contribution in [0.15, 0.2) is 60.7 Å². The number of rotatable bonds is 8. The van der Waals surface area contributed by atoms with E-state index in [-0.39, 0.29) is 24.1 Å². The quantitative estimate of drug-likeness (QED) is 0.0783. The monoisotopic (exact) mass is 588 g/mol. The maximum absolute atomic E-state index is 13.6. The Balaban J connectivity index is 1.20. The molecule has 0 saturated heterocycles. The molecule has 0 amide bonds. The Morgan fingerprint density at radius 2 is 1.05 bits per heavy atom. The molecule has 2 fully saturated rings. The molecular formula is C40H44O4. The third-order valence-electron chi connectivity index (χ3n) is 10.6. The van der Waals surface area contributed by atoms with Crippen LogP contribution in [0.3, 0.4) is 0 Å². The lowest BCUT2D eigenvalue weighted by Crippen LogP contribution is -2.24. The predicted octanol–water partition coefficient (Wildman–Crippen LogP) is 10.8. The van der Waals surface area contributed by atoms with Gasteiger partial charge in [-0.3, -0.25) is 0 Å². The van der Waals surface area contributed by atoms with E-state index in [9.17, 15) is 9.59 Å². The van der Waals surface area contributed by atoms with E-state index in [1.807, 2.05) is 36.4 Å². The largest absolute Gasteiger partial charge is 0.459 e. The predicted molar refractivity (Wildman–Crippen MR) is 180 cm³/mol. The molecule has 0 unspecified atom stereocenters. The van der Waals surface area contributed by atoms with E-state index < -0.39 is 0 Å². The number of ether oxygens (including phenoxy) is 2. The van der Waals surface area contributed by atoms with Crippen molar-refractivity contribution in [2.24, 2.45) is 11.8 Å². The first-order valence-corrected chi connectivity index (χ1v) is 17.1. The first kappa shape index (κ1) is 29.1. The van der Waals surface area contributed by atoms with Crippen molar-refractivity contribution < 1.29 is 19.1 Å². The van der Waals surface area contributed by atoms with Gasteiger partial charge in [-0.05, 0) is 118 Å². The smallest absolute Gasteiger partial charge is 0.339 e. The zero-order chi connectivity index (χ0) is 30.2. The van der Waals surface area contributed by atoms with E-state index in [4.69, 9.17) is 9.47 Å². The molecule has 0 atom stereocenters. The maximum Gasteiger partial charge on any atom is 0.339 e. The third kappa shape index (κ3) is 5.42. The molecule has 0 N–H and O–H groups in total. The van der Waals surface area contributed by atoms with Gasteiger partial charge in [-0.25, -0.2) is 9.59 Å². The van der Waals surface area contributed by atoms with Crippen molar-refractivity contribution >= 4 is 55.0 Å². The summed E-state index contributed by atoms with van der Waals surface area (Å²) < 4.78 is 12.2. The van der Waals surface area contributed by atoms with Crippen LogP contribution in [-0.2, 0) is 9.47 Å². The molecule has 4 nitrogen and oxygen atoms in total. The maximum atomic E-state index is 13.6. The van der Waals surface area contributed by atoms with Gasteiger partial charge in [-0.1, -0.05) is 88.1 Å². The first-order valence-electron chi connectivity index (χ1n) is 17.1. The van der Waals surface area contributed by atoms with Gasteiger partial charge in [0.25, 0.3) is 0 Å². The molecule has 0 aromatic heterocycles. The van der Waals surface area contributed by atoms with Gasteiger partial charge in [0.2, 0.25) is 0 Å². The summed E-state index contributed by atoms with van der Waals surface area (Å²) in [7, 11) is 0. The molecule has 0 aliphatic heterocycles. The molecule has 228 valence electrons. The minimum Gasteiger partial charge on any atom is -0.459 e. The lowest BCUT2D eigenvalue weighted by Gasteiger charge is -2.28. The van der Waals surface area contributed by atoms with E-state index in [2.05, 4.69) is 38.1 Å².